The van der Waals surface area contributed by atoms with Crippen molar-refractivity contribution in [2.45, 2.75) is 22.1 Å². The van der Waals surface area contributed by atoms with Crippen LogP contribution in [0.1, 0.15) is 18.0 Å². The third kappa shape index (κ3) is 5.95. The van der Waals surface area contributed by atoms with Gasteiger partial charge in [-0.25, -0.2) is 19.2 Å². The predicted octanol–water partition coefficient (Wildman–Crippen LogP) is 4.05. The van der Waals surface area contributed by atoms with E-state index in [4.69, 9.17) is 18.5 Å². The molecule has 1 aromatic heterocycles. The molecule has 0 N–H and O–H groups in total. The van der Waals surface area contributed by atoms with Gasteiger partial charge in [0, 0.05) is 57.7 Å². The molecular formula is C29H34N5O7PS. The summed E-state index contributed by atoms with van der Waals surface area (Å²) >= 11 is 1.26. The minimum absolute atomic E-state index is 0.224. The van der Waals surface area contributed by atoms with E-state index >= 15 is 0 Å². The van der Waals surface area contributed by atoms with E-state index in [-0.39, 0.29) is 12.3 Å². The fourth-order valence-electron chi connectivity index (χ4n) is 5.48. The molecule has 5 rings (SSSR count). The SMILES string of the molecule is COc1ccc(S[C@]2(C(=O)N3CCN(c4ncccn4)CC3)CC(=O)N(P(=O)(OC)OC)[C@@H]2c2ccc(OC)cc2)cc1. The molecule has 2 saturated heterocycles. The summed E-state index contributed by atoms with van der Waals surface area (Å²) in [7, 11) is 1.46. The molecule has 2 aliphatic rings. The van der Waals surface area contributed by atoms with Crippen molar-refractivity contribution < 1.29 is 32.7 Å². The lowest BCUT2D eigenvalue weighted by atomic mass is 9.91. The number of anilines is 1. The second-order valence-corrected chi connectivity index (χ2v) is 13.4. The van der Waals surface area contributed by atoms with Crippen molar-refractivity contribution in [2.24, 2.45) is 0 Å². The summed E-state index contributed by atoms with van der Waals surface area (Å²) in [6.07, 6.45) is 3.14. The lowest BCUT2D eigenvalue weighted by molar-refractivity contribution is -0.135. The van der Waals surface area contributed by atoms with Crippen LogP contribution in [0.15, 0.2) is 71.9 Å². The van der Waals surface area contributed by atoms with Crippen molar-refractivity contribution in [3.63, 3.8) is 0 Å². The Kier molecular flexibility index (Phi) is 9.26. The van der Waals surface area contributed by atoms with Gasteiger partial charge >= 0.3 is 7.75 Å². The Morgan fingerprint density at radius 3 is 1.98 bits per heavy atom. The second kappa shape index (κ2) is 12.9. The summed E-state index contributed by atoms with van der Waals surface area (Å²) in [6, 6.07) is 15.1. The number of carbonyl (C=O) groups is 2. The molecule has 3 aromatic rings. The smallest absolute Gasteiger partial charge is 0.437 e. The van der Waals surface area contributed by atoms with Gasteiger partial charge < -0.3 is 19.3 Å². The van der Waals surface area contributed by atoms with Crippen LogP contribution in [-0.2, 0) is 23.2 Å². The molecule has 2 amide bonds. The van der Waals surface area contributed by atoms with Gasteiger partial charge in [-0.05, 0) is 48.0 Å². The van der Waals surface area contributed by atoms with Crippen LogP contribution in [0.3, 0.4) is 0 Å². The van der Waals surface area contributed by atoms with Crippen molar-refractivity contribution in [3.8, 4) is 11.5 Å². The number of nitrogens with zero attached hydrogens (tertiary/aromatic N) is 5. The zero-order valence-electron chi connectivity index (χ0n) is 24.4. The molecule has 2 aromatic carbocycles. The molecule has 0 spiro atoms. The zero-order chi connectivity index (χ0) is 30.6. The molecule has 43 heavy (non-hydrogen) atoms. The van der Waals surface area contributed by atoms with Gasteiger partial charge in [-0.3, -0.25) is 18.6 Å². The first-order valence-electron chi connectivity index (χ1n) is 13.6. The standard InChI is InChI=1S/C29H34N5O7PS/c1-38-22-8-6-21(7-9-22)26-29(43-24-12-10-23(39-2)11-13-24,20-25(35)34(26)42(37,40-3)41-4)27(36)32-16-18-33(19-17-32)28-30-14-5-15-31-28/h5-15,26H,16-20H2,1-4H3/t26-,29-/m1/s1. The number of thioether (sulfide) groups is 1. The summed E-state index contributed by atoms with van der Waals surface area (Å²) in [6.45, 7) is 1.80. The normalized spacial score (nSPS) is 20.8. The number of methoxy groups -OCH3 is 2. The van der Waals surface area contributed by atoms with E-state index in [2.05, 4.69) is 9.97 Å². The van der Waals surface area contributed by atoms with Gasteiger partial charge in [-0.1, -0.05) is 12.1 Å². The van der Waals surface area contributed by atoms with Gasteiger partial charge in [0.1, 0.15) is 16.2 Å². The highest BCUT2D eigenvalue weighted by molar-refractivity contribution is 8.01. The lowest BCUT2D eigenvalue weighted by Gasteiger charge is -2.42. The molecular weight excluding hydrogens is 593 g/mol. The van der Waals surface area contributed by atoms with Crippen LogP contribution in [0.5, 0.6) is 11.5 Å². The number of amides is 2. The lowest BCUT2D eigenvalue weighted by Crippen LogP contribution is -2.56. The fraction of sp³-hybridized carbons (Fsp3) is 0.379. The second-order valence-electron chi connectivity index (χ2n) is 9.92. The highest BCUT2D eigenvalue weighted by Gasteiger charge is 2.64. The van der Waals surface area contributed by atoms with Crippen molar-refractivity contribution >= 4 is 37.3 Å². The Bertz CT molecular complexity index is 1460. The van der Waals surface area contributed by atoms with Crippen LogP contribution in [-0.4, -0.2) is 90.7 Å². The van der Waals surface area contributed by atoms with Gasteiger partial charge in [0.15, 0.2) is 0 Å². The largest absolute Gasteiger partial charge is 0.497 e. The molecule has 2 aliphatic heterocycles. The van der Waals surface area contributed by atoms with Crippen LogP contribution in [0, 0.1) is 0 Å². The maximum Gasteiger partial charge on any atom is 0.437 e. The summed E-state index contributed by atoms with van der Waals surface area (Å²) < 4.78 is 35.0. The van der Waals surface area contributed by atoms with Gasteiger partial charge in [0.25, 0.3) is 0 Å². The number of piperazine rings is 1. The molecule has 3 heterocycles. The van der Waals surface area contributed by atoms with E-state index in [0.717, 1.165) is 9.57 Å². The first-order valence-corrected chi connectivity index (χ1v) is 15.9. The Morgan fingerprint density at radius 1 is 0.884 bits per heavy atom. The van der Waals surface area contributed by atoms with Crippen molar-refractivity contribution in [1.82, 2.24) is 19.5 Å². The van der Waals surface area contributed by atoms with Crippen LogP contribution >= 0.6 is 19.5 Å². The Morgan fingerprint density at radius 2 is 1.44 bits per heavy atom. The Balaban J connectivity index is 1.59. The molecule has 0 bridgehead atoms. The molecule has 2 atom stereocenters. The average Bonchev–Trinajstić information content (AvgIpc) is 3.37. The Hall–Kier alpha value is -3.64. The fourth-order valence-corrected chi connectivity index (χ4v) is 8.48. The predicted molar refractivity (Wildman–Crippen MR) is 161 cm³/mol. The molecule has 0 radical (unpaired) electrons. The van der Waals surface area contributed by atoms with E-state index in [1.807, 2.05) is 17.0 Å². The molecule has 12 nitrogen and oxygen atoms in total. The first-order chi connectivity index (χ1) is 20.8. The molecule has 0 unspecified atom stereocenters. The zero-order valence-corrected chi connectivity index (χ0v) is 26.1. The topological polar surface area (TPSA) is 124 Å². The number of hydrogen-bond donors (Lipinski definition) is 0. The summed E-state index contributed by atoms with van der Waals surface area (Å²) in [5.74, 6) is 1.08. The highest BCUT2D eigenvalue weighted by atomic mass is 32.2. The summed E-state index contributed by atoms with van der Waals surface area (Å²) in [4.78, 5) is 42.0. The maximum absolute atomic E-state index is 14.9. The number of benzene rings is 2. The number of hydrogen-bond acceptors (Lipinski definition) is 11. The number of rotatable bonds is 10. The van der Waals surface area contributed by atoms with Crippen molar-refractivity contribution in [1.29, 1.82) is 0 Å². The number of ether oxygens (including phenoxy) is 2. The highest BCUT2D eigenvalue weighted by Crippen LogP contribution is 2.64. The van der Waals surface area contributed by atoms with E-state index in [0.29, 0.717) is 49.2 Å². The van der Waals surface area contributed by atoms with Crippen LogP contribution in [0.2, 0.25) is 0 Å². The third-order valence-corrected chi connectivity index (χ3v) is 11.0. The molecule has 0 aliphatic carbocycles. The van der Waals surface area contributed by atoms with Gasteiger partial charge in [0.2, 0.25) is 17.8 Å². The van der Waals surface area contributed by atoms with Gasteiger partial charge in [-0.2, -0.15) is 0 Å². The van der Waals surface area contributed by atoms with Gasteiger partial charge in [-0.15, -0.1) is 11.8 Å². The van der Waals surface area contributed by atoms with Crippen molar-refractivity contribution in [2.75, 3.05) is 59.5 Å². The monoisotopic (exact) mass is 627 g/mol. The first kappa shape index (κ1) is 30.8. The molecule has 0 saturated carbocycles. The van der Waals surface area contributed by atoms with Crippen LogP contribution < -0.4 is 14.4 Å². The number of carbonyl (C=O) groups excluding carboxylic acids is 2. The Labute approximate surface area is 254 Å². The minimum atomic E-state index is -4.13. The van der Waals surface area contributed by atoms with Crippen LogP contribution in [0.4, 0.5) is 5.95 Å². The van der Waals surface area contributed by atoms with Crippen molar-refractivity contribution in [3.05, 3.63) is 72.6 Å². The quantitative estimate of drug-likeness (QED) is 0.303. The van der Waals surface area contributed by atoms with Crippen LogP contribution in [0.25, 0.3) is 0 Å². The molecule has 2 fully saturated rings. The van der Waals surface area contributed by atoms with E-state index in [1.165, 1.54) is 26.0 Å². The van der Waals surface area contributed by atoms with E-state index in [1.54, 1.807) is 74.0 Å². The van der Waals surface area contributed by atoms with E-state index < -0.39 is 24.4 Å². The van der Waals surface area contributed by atoms with Gasteiger partial charge in [0.05, 0.1) is 26.7 Å². The average molecular weight is 628 g/mol. The minimum Gasteiger partial charge on any atom is -0.497 e. The number of aromatic nitrogens is 2. The third-order valence-electron chi connectivity index (χ3n) is 7.64. The molecule has 14 heteroatoms. The van der Waals surface area contributed by atoms with E-state index in [9.17, 15) is 14.2 Å². The molecule has 228 valence electrons. The maximum atomic E-state index is 14.9. The summed E-state index contributed by atoms with van der Waals surface area (Å²) in [5.41, 5.74) is 0.589. The summed E-state index contributed by atoms with van der Waals surface area (Å²) in [5, 5.41) is 0.